The van der Waals surface area contributed by atoms with E-state index in [9.17, 15) is 4.79 Å². The van der Waals surface area contributed by atoms with Crippen LogP contribution in [0.5, 0.6) is 11.5 Å². The molecule has 3 rings (SSSR count). The van der Waals surface area contributed by atoms with Gasteiger partial charge in [0.15, 0.2) is 11.5 Å². The van der Waals surface area contributed by atoms with Crippen LogP contribution in [0.25, 0.3) is 0 Å². The Labute approximate surface area is 138 Å². The first-order valence-corrected chi connectivity index (χ1v) is 8.77. The van der Waals surface area contributed by atoms with Crippen molar-refractivity contribution in [3.8, 4) is 11.5 Å². The number of hydrogen-bond donors (Lipinski definition) is 1. The molecule has 4 nitrogen and oxygen atoms in total. The third-order valence-electron chi connectivity index (χ3n) is 4.69. The number of carbonyl (C=O) groups excluding carboxylic acids is 1. The molecular formula is C19H27NO3. The fourth-order valence-corrected chi connectivity index (χ4v) is 3.55. The normalized spacial score (nSPS) is 19.7. The van der Waals surface area contributed by atoms with Gasteiger partial charge in [-0.15, -0.1) is 0 Å². The van der Waals surface area contributed by atoms with E-state index in [4.69, 9.17) is 9.47 Å². The summed E-state index contributed by atoms with van der Waals surface area (Å²) in [6, 6.07) is 6.02. The van der Waals surface area contributed by atoms with E-state index in [0.29, 0.717) is 13.2 Å². The molecule has 1 N–H and O–H groups in total. The minimum atomic E-state index is -0.170. The molecule has 0 atom stereocenters. The Morgan fingerprint density at radius 2 is 2.09 bits per heavy atom. The Morgan fingerprint density at radius 1 is 1.30 bits per heavy atom. The van der Waals surface area contributed by atoms with E-state index < -0.39 is 0 Å². The van der Waals surface area contributed by atoms with Crippen LogP contribution in [0.3, 0.4) is 0 Å². The molecule has 1 aromatic carbocycles. The van der Waals surface area contributed by atoms with E-state index in [1.165, 1.54) is 24.8 Å². The molecule has 2 aliphatic rings. The van der Waals surface area contributed by atoms with Gasteiger partial charge in [-0.3, -0.25) is 4.79 Å². The molecule has 126 valence electrons. The van der Waals surface area contributed by atoms with E-state index in [0.717, 1.165) is 30.8 Å². The summed E-state index contributed by atoms with van der Waals surface area (Å²) >= 11 is 0. The largest absolute Gasteiger partial charge is 0.488 e. The van der Waals surface area contributed by atoms with Crippen LogP contribution in [0.1, 0.15) is 51.5 Å². The number of para-hydroxylation sites is 1. The van der Waals surface area contributed by atoms with Crippen LogP contribution in [0, 0.1) is 5.92 Å². The second-order valence-electron chi connectivity index (χ2n) is 7.26. The first-order valence-electron chi connectivity index (χ1n) is 8.77. The van der Waals surface area contributed by atoms with E-state index in [1.54, 1.807) is 0 Å². The third kappa shape index (κ3) is 3.98. The molecule has 1 amide bonds. The Bertz CT molecular complexity index is 562. The molecule has 0 radical (unpaired) electrons. The number of hydrogen-bond acceptors (Lipinski definition) is 3. The van der Waals surface area contributed by atoms with Crippen molar-refractivity contribution < 1.29 is 14.3 Å². The molecule has 0 saturated heterocycles. The van der Waals surface area contributed by atoms with E-state index in [1.807, 2.05) is 12.1 Å². The van der Waals surface area contributed by atoms with Gasteiger partial charge >= 0.3 is 0 Å². The standard InChI is InChI=1S/C19H27NO3/c1-19(2)13-15-9-6-10-16(17(15)23-19)22-12-11-20-18(21)14-7-4-3-5-8-14/h6,9-10,14H,3-5,7-8,11-13H2,1-2H3,(H,20,21). The molecule has 1 fully saturated rings. The molecule has 1 heterocycles. The zero-order valence-electron chi connectivity index (χ0n) is 14.2. The molecule has 1 aliphatic heterocycles. The topological polar surface area (TPSA) is 47.6 Å². The summed E-state index contributed by atoms with van der Waals surface area (Å²) in [7, 11) is 0. The highest BCUT2D eigenvalue weighted by atomic mass is 16.5. The summed E-state index contributed by atoms with van der Waals surface area (Å²) < 4.78 is 11.8. The van der Waals surface area contributed by atoms with Gasteiger partial charge in [0, 0.05) is 17.9 Å². The second kappa shape index (κ2) is 6.81. The molecule has 0 unspecified atom stereocenters. The average Bonchev–Trinajstić information content (AvgIpc) is 2.86. The lowest BCUT2D eigenvalue weighted by Crippen LogP contribution is -2.34. The van der Waals surface area contributed by atoms with Crippen molar-refractivity contribution in [2.75, 3.05) is 13.2 Å². The minimum absolute atomic E-state index is 0.170. The predicted molar refractivity (Wildman–Crippen MR) is 89.9 cm³/mol. The zero-order chi connectivity index (χ0) is 16.3. The number of benzene rings is 1. The molecule has 0 bridgehead atoms. The first-order chi connectivity index (χ1) is 11.1. The summed E-state index contributed by atoms with van der Waals surface area (Å²) in [6.07, 6.45) is 6.58. The Morgan fingerprint density at radius 3 is 2.87 bits per heavy atom. The summed E-state index contributed by atoms with van der Waals surface area (Å²) in [5.74, 6) is 2.02. The van der Waals surface area contributed by atoms with Crippen LogP contribution in [0.4, 0.5) is 0 Å². The van der Waals surface area contributed by atoms with Gasteiger partial charge in [0.1, 0.15) is 12.2 Å². The van der Waals surface area contributed by atoms with Crippen molar-refractivity contribution in [2.24, 2.45) is 5.92 Å². The third-order valence-corrected chi connectivity index (χ3v) is 4.69. The van der Waals surface area contributed by atoms with Crippen LogP contribution in [0.2, 0.25) is 0 Å². The lowest BCUT2D eigenvalue weighted by Gasteiger charge is -2.21. The minimum Gasteiger partial charge on any atom is -0.488 e. The van der Waals surface area contributed by atoms with Crippen LogP contribution < -0.4 is 14.8 Å². The highest BCUT2D eigenvalue weighted by Gasteiger charge is 2.32. The smallest absolute Gasteiger partial charge is 0.223 e. The van der Waals surface area contributed by atoms with Gasteiger partial charge in [0.05, 0.1) is 6.54 Å². The highest BCUT2D eigenvalue weighted by Crippen LogP contribution is 2.41. The van der Waals surface area contributed by atoms with Crippen molar-refractivity contribution in [1.82, 2.24) is 5.32 Å². The molecule has 0 spiro atoms. The Hall–Kier alpha value is -1.71. The number of carbonyl (C=O) groups is 1. The van der Waals surface area contributed by atoms with E-state index >= 15 is 0 Å². The van der Waals surface area contributed by atoms with E-state index in [2.05, 4.69) is 25.2 Å². The van der Waals surface area contributed by atoms with Crippen LogP contribution in [0.15, 0.2) is 18.2 Å². The quantitative estimate of drug-likeness (QED) is 0.846. The van der Waals surface area contributed by atoms with Crippen molar-refractivity contribution in [1.29, 1.82) is 0 Å². The Balaban J connectivity index is 1.47. The maximum atomic E-state index is 12.1. The van der Waals surface area contributed by atoms with E-state index in [-0.39, 0.29) is 17.4 Å². The highest BCUT2D eigenvalue weighted by molar-refractivity contribution is 5.78. The number of amides is 1. The predicted octanol–water partition coefficient (Wildman–Crippen LogP) is 3.48. The fourth-order valence-electron chi connectivity index (χ4n) is 3.55. The van der Waals surface area contributed by atoms with Gasteiger partial charge < -0.3 is 14.8 Å². The lowest BCUT2D eigenvalue weighted by atomic mass is 9.89. The second-order valence-corrected chi connectivity index (χ2v) is 7.26. The monoisotopic (exact) mass is 317 g/mol. The van der Waals surface area contributed by atoms with Gasteiger partial charge in [-0.1, -0.05) is 31.4 Å². The van der Waals surface area contributed by atoms with Gasteiger partial charge in [0.2, 0.25) is 5.91 Å². The van der Waals surface area contributed by atoms with Crippen molar-refractivity contribution in [2.45, 2.75) is 58.0 Å². The summed E-state index contributed by atoms with van der Waals surface area (Å²) in [4.78, 5) is 12.1. The van der Waals surface area contributed by atoms with Gasteiger partial charge in [-0.2, -0.15) is 0 Å². The average molecular weight is 317 g/mol. The zero-order valence-corrected chi connectivity index (χ0v) is 14.2. The number of ether oxygens (including phenoxy) is 2. The fraction of sp³-hybridized carbons (Fsp3) is 0.632. The maximum absolute atomic E-state index is 12.1. The first kappa shape index (κ1) is 16.2. The summed E-state index contributed by atoms with van der Waals surface area (Å²) in [5, 5.41) is 3.00. The van der Waals surface area contributed by atoms with Gasteiger partial charge in [-0.25, -0.2) is 0 Å². The van der Waals surface area contributed by atoms with Gasteiger partial charge in [-0.05, 0) is 32.8 Å². The molecular weight excluding hydrogens is 290 g/mol. The number of fused-ring (bicyclic) bond motifs is 1. The van der Waals surface area contributed by atoms with Crippen molar-refractivity contribution >= 4 is 5.91 Å². The lowest BCUT2D eigenvalue weighted by molar-refractivity contribution is -0.126. The molecule has 1 aliphatic carbocycles. The summed E-state index contributed by atoms with van der Waals surface area (Å²) in [5.41, 5.74) is 1.02. The van der Waals surface area contributed by atoms with Crippen LogP contribution in [-0.2, 0) is 11.2 Å². The number of rotatable bonds is 5. The van der Waals surface area contributed by atoms with Gasteiger partial charge in [0.25, 0.3) is 0 Å². The van der Waals surface area contributed by atoms with Crippen molar-refractivity contribution in [3.05, 3.63) is 23.8 Å². The number of nitrogens with one attached hydrogen (secondary N) is 1. The van der Waals surface area contributed by atoms with Crippen LogP contribution in [-0.4, -0.2) is 24.7 Å². The molecule has 1 aromatic rings. The summed E-state index contributed by atoms with van der Waals surface area (Å²) in [6.45, 7) is 5.18. The molecule has 0 aromatic heterocycles. The molecule has 1 saturated carbocycles. The Kier molecular flexibility index (Phi) is 4.79. The SMILES string of the molecule is CC1(C)Cc2cccc(OCCNC(=O)C3CCCCC3)c2O1. The maximum Gasteiger partial charge on any atom is 0.223 e. The van der Waals surface area contributed by atoms with Crippen molar-refractivity contribution in [3.63, 3.8) is 0 Å². The molecule has 23 heavy (non-hydrogen) atoms. The molecule has 4 heteroatoms. The van der Waals surface area contributed by atoms with Crippen LogP contribution >= 0.6 is 0 Å².